The van der Waals surface area contributed by atoms with Crippen molar-refractivity contribution in [1.29, 1.82) is 0 Å². The van der Waals surface area contributed by atoms with E-state index in [1.165, 1.54) is 11.0 Å². The summed E-state index contributed by atoms with van der Waals surface area (Å²) in [7, 11) is 3.89. The molecule has 164 valence electrons. The molecule has 0 saturated heterocycles. The third-order valence-electron chi connectivity index (χ3n) is 4.97. The second kappa shape index (κ2) is 8.76. The van der Waals surface area contributed by atoms with Gasteiger partial charge in [0.05, 0.1) is 4.70 Å². The number of hydrogen-bond acceptors (Lipinski definition) is 6. The second-order valence-electron chi connectivity index (χ2n) is 7.69. The Labute approximate surface area is 183 Å². The van der Waals surface area contributed by atoms with Crippen molar-refractivity contribution in [3.05, 3.63) is 48.0 Å². The molecule has 0 bridgehead atoms. The molecule has 1 aliphatic heterocycles. The van der Waals surface area contributed by atoms with E-state index in [9.17, 15) is 13.6 Å². The van der Waals surface area contributed by atoms with E-state index in [0.717, 1.165) is 23.9 Å². The minimum atomic E-state index is -0.886. The van der Waals surface area contributed by atoms with Crippen LogP contribution in [0.1, 0.15) is 13.3 Å². The van der Waals surface area contributed by atoms with E-state index >= 15 is 0 Å². The largest absolute Gasteiger partial charge is 0.482 e. The Morgan fingerprint density at radius 2 is 1.84 bits per heavy atom. The maximum absolute atomic E-state index is 14.2. The Balaban J connectivity index is 1.66. The van der Waals surface area contributed by atoms with E-state index in [4.69, 9.17) is 9.47 Å². The molecule has 6 nitrogen and oxygen atoms in total. The number of fused-ring (bicyclic) bond motifs is 2. The van der Waals surface area contributed by atoms with Gasteiger partial charge in [0.25, 0.3) is 5.91 Å². The fourth-order valence-electron chi connectivity index (χ4n) is 3.45. The summed E-state index contributed by atoms with van der Waals surface area (Å²) in [6.45, 7) is 2.87. The first-order chi connectivity index (χ1) is 14.8. The molecular formula is C22H23F2N3O3S. The summed E-state index contributed by atoms with van der Waals surface area (Å²) >= 11 is 1.08. The first-order valence-electron chi connectivity index (χ1n) is 9.97. The van der Waals surface area contributed by atoms with Crippen molar-refractivity contribution in [2.45, 2.75) is 25.6 Å². The molecule has 2 unspecified atom stereocenters. The molecule has 0 saturated carbocycles. The molecule has 2 aromatic carbocycles. The molecule has 0 aliphatic carbocycles. The lowest BCUT2D eigenvalue weighted by atomic mass is 10.1. The number of rotatable bonds is 6. The Hall–Kier alpha value is -2.78. The highest BCUT2D eigenvalue weighted by Crippen LogP contribution is 2.36. The molecule has 2 heterocycles. The van der Waals surface area contributed by atoms with Gasteiger partial charge in [-0.1, -0.05) is 23.5 Å². The first kappa shape index (κ1) is 21.5. The fourth-order valence-corrected chi connectivity index (χ4v) is 4.49. The molecule has 2 atom stereocenters. The van der Waals surface area contributed by atoms with Crippen molar-refractivity contribution in [2.24, 2.45) is 0 Å². The number of carbonyl (C=O) groups is 1. The number of para-hydroxylation sites is 2. The van der Waals surface area contributed by atoms with Gasteiger partial charge in [0, 0.05) is 12.6 Å². The Kier molecular flexibility index (Phi) is 6.06. The molecule has 1 aliphatic rings. The normalized spacial score (nSPS) is 17.9. The van der Waals surface area contributed by atoms with Gasteiger partial charge in [-0.15, -0.1) is 0 Å². The molecule has 9 heteroatoms. The monoisotopic (exact) mass is 447 g/mol. The number of aromatic nitrogens is 1. The average molecular weight is 448 g/mol. The highest BCUT2D eigenvalue weighted by Gasteiger charge is 2.38. The lowest BCUT2D eigenvalue weighted by Crippen LogP contribution is -2.51. The van der Waals surface area contributed by atoms with Gasteiger partial charge in [0.15, 0.2) is 22.4 Å². The number of halogens is 2. The van der Waals surface area contributed by atoms with Gasteiger partial charge in [0.1, 0.15) is 17.4 Å². The minimum Gasteiger partial charge on any atom is -0.482 e. The van der Waals surface area contributed by atoms with Crippen LogP contribution in [0.25, 0.3) is 10.2 Å². The predicted octanol–water partition coefficient (Wildman–Crippen LogP) is 4.09. The molecule has 0 N–H and O–H groups in total. The molecule has 1 amide bonds. The second-order valence-corrected chi connectivity index (χ2v) is 8.69. The number of hydrogen-bond donors (Lipinski definition) is 0. The van der Waals surface area contributed by atoms with E-state index in [2.05, 4.69) is 4.98 Å². The summed E-state index contributed by atoms with van der Waals surface area (Å²) in [5.41, 5.74) is 0.0472. The molecule has 0 fully saturated rings. The van der Waals surface area contributed by atoms with E-state index < -0.39 is 23.8 Å². The van der Waals surface area contributed by atoms with Crippen LogP contribution in [0.5, 0.6) is 11.5 Å². The van der Waals surface area contributed by atoms with Crippen molar-refractivity contribution in [2.75, 3.05) is 32.1 Å². The van der Waals surface area contributed by atoms with E-state index in [0.29, 0.717) is 34.3 Å². The number of benzene rings is 2. The van der Waals surface area contributed by atoms with Crippen LogP contribution >= 0.6 is 11.3 Å². The first-order valence-corrected chi connectivity index (χ1v) is 10.8. The summed E-state index contributed by atoms with van der Waals surface area (Å²) in [5.74, 6) is -0.696. The van der Waals surface area contributed by atoms with Crippen LogP contribution in [0.2, 0.25) is 0 Å². The van der Waals surface area contributed by atoms with E-state index in [1.54, 1.807) is 25.1 Å². The topological polar surface area (TPSA) is 54.9 Å². The van der Waals surface area contributed by atoms with Gasteiger partial charge in [-0.05, 0) is 52.2 Å². The van der Waals surface area contributed by atoms with Crippen LogP contribution < -0.4 is 14.4 Å². The summed E-state index contributed by atoms with van der Waals surface area (Å²) in [6.07, 6.45) is -0.741. The highest BCUT2D eigenvalue weighted by molar-refractivity contribution is 7.22. The fraction of sp³-hybridized carbons (Fsp3) is 0.364. The SMILES string of the molecule is CC1Oc2ccccc2OC1C(=O)N(CCCN(C)C)c1nc2c(F)cc(F)cc2s1. The van der Waals surface area contributed by atoms with Gasteiger partial charge < -0.3 is 14.4 Å². The molecule has 4 rings (SSSR count). The summed E-state index contributed by atoms with van der Waals surface area (Å²) in [4.78, 5) is 21.3. The van der Waals surface area contributed by atoms with Crippen LogP contribution in [0, 0.1) is 11.6 Å². The number of anilines is 1. The van der Waals surface area contributed by atoms with Crippen LogP contribution in [-0.4, -0.2) is 55.2 Å². The highest BCUT2D eigenvalue weighted by atomic mass is 32.1. The summed E-state index contributed by atoms with van der Waals surface area (Å²) in [5, 5.41) is 0.304. The van der Waals surface area contributed by atoms with Gasteiger partial charge in [-0.3, -0.25) is 9.69 Å². The number of carbonyl (C=O) groups excluding carboxylic acids is 1. The summed E-state index contributed by atoms with van der Waals surface area (Å²) < 4.78 is 40.1. The third-order valence-corrected chi connectivity index (χ3v) is 6.00. The smallest absolute Gasteiger partial charge is 0.273 e. The number of ether oxygens (including phenoxy) is 2. The van der Waals surface area contributed by atoms with Crippen LogP contribution in [-0.2, 0) is 4.79 Å². The zero-order chi connectivity index (χ0) is 22.1. The predicted molar refractivity (Wildman–Crippen MR) is 116 cm³/mol. The number of nitrogens with zero attached hydrogens (tertiary/aromatic N) is 3. The Morgan fingerprint density at radius 1 is 1.13 bits per heavy atom. The Morgan fingerprint density at radius 3 is 2.55 bits per heavy atom. The van der Waals surface area contributed by atoms with E-state index in [-0.39, 0.29) is 11.4 Å². The van der Waals surface area contributed by atoms with Crippen LogP contribution in [0.15, 0.2) is 36.4 Å². The maximum atomic E-state index is 14.2. The van der Waals surface area contributed by atoms with Gasteiger partial charge in [-0.25, -0.2) is 13.8 Å². The maximum Gasteiger partial charge on any atom is 0.273 e. The lowest BCUT2D eigenvalue weighted by Gasteiger charge is -2.33. The molecule has 31 heavy (non-hydrogen) atoms. The average Bonchev–Trinajstić information content (AvgIpc) is 3.14. The summed E-state index contributed by atoms with van der Waals surface area (Å²) in [6, 6.07) is 9.18. The Bertz CT molecular complexity index is 1100. The van der Waals surface area contributed by atoms with Gasteiger partial charge >= 0.3 is 0 Å². The van der Waals surface area contributed by atoms with E-state index in [1.807, 2.05) is 25.1 Å². The molecule has 1 aromatic heterocycles. The van der Waals surface area contributed by atoms with Crippen molar-refractivity contribution in [1.82, 2.24) is 9.88 Å². The molecule has 0 radical (unpaired) electrons. The lowest BCUT2D eigenvalue weighted by molar-refractivity contribution is -0.130. The number of thiazole rings is 1. The van der Waals surface area contributed by atoms with Crippen molar-refractivity contribution in [3.63, 3.8) is 0 Å². The van der Waals surface area contributed by atoms with Crippen LogP contribution in [0.4, 0.5) is 13.9 Å². The quantitative estimate of drug-likeness (QED) is 0.570. The molecule has 3 aromatic rings. The van der Waals surface area contributed by atoms with Gasteiger partial charge in [0.2, 0.25) is 6.10 Å². The van der Waals surface area contributed by atoms with Crippen molar-refractivity contribution >= 4 is 32.6 Å². The van der Waals surface area contributed by atoms with Crippen LogP contribution in [0.3, 0.4) is 0 Å². The molecule has 0 spiro atoms. The van der Waals surface area contributed by atoms with Crippen molar-refractivity contribution in [3.8, 4) is 11.5 Å². The zero-order valence-electron chi connectivity index (χ0n) is 17.5. The standard InChI is InChI=1S/C22H23F2N3O3S/c1-13-20(30-17-8-5-4-7-16(17)29-13)21(28)27(10-6-9-26(2)3)22-25-19-15(24)11-14(23)12-18(19)31-22/h4-5,7-8,11-13,20H,6,9-10H2,1-3H3. The van der Waals surface area contributed by atoms with Crippen molar-refractivity contribution < 1.29 is 23.0 Å². The zero-order valence-corrected chi connectivity index (χ0v) is 18.3. The number of amides is 1. The third kappa shape index (κ3) is 4.47. The molecular weight excluding hydrogens is 424 g/mol. The van der Waals surface area contributed by atoms with Gasteiger partial charge in [-0.2, -0.15) is 0 Å². The minimum absolute atomic E-state index is 0.0472.